The molecule has 1 unspecified atom stereocenters. The number of benzene rings is 1. The van der Waals surface area contributed by atoms with Crippen LogP contribution in [0.3, 0.4) is 0 Å². The summed E-state index contributed by atoms with van der Waals surface area (Å²) in [5.74, 6) is -5.73. The van der Waals surface area contributed by atoms with Crippen molar-refractivity contribution in [3.8, 4) is 0 Å². The van der Waals surface area contributed by atoms with Crippen LogP contribution >= 0.6 is 0 Å². The van der Waals surface area contributed by atoms with Gasteiger partial charge >= 0.3 is 18.0 Å². The normalized spacial score (nSPS) is 13.4. The average Bonchev–Trinajstić information content (AvgIpc) is 3.02. The van der Waals surface area contributed by atoms with Gasteiger partial charge < -0.3 is 35.5 Å². The number of hydrogen-bond acceptors (Lipinski definition) is 10. The van der Waals surface area contributed by atoms with E-state index in [1.165, 1.54) is 0 Å². The molecular weight excluding hydrogens is 607 g/mol. The first-order valence-electron chi connectivity index (χ1n) is 14.8. The van der Waals surface area contributed by atoms with Gasteiger partial charge in [0.1, 0.15) is 37.4 Å². The maximum Gasteiger partial charge on any atom is 0.408 e. The smallest absolute Gasteiger partial charge is 0.408 e. The zero-order chi connectivity index (χ0) is 34.8. The zero-order valence-electron chi connectivity index (χ0n) is 27.1. The highest BCUT2D eigenvalue weighted by Crippen LogP contribution is 2.11. The third-order valence-electron chi connectivity index (χ3n) is 6.71. The van der Waals surface area contributed by atoms with Crippen molar-refractivity contribution < 1.29 is 52.2 Å². The molecule has 4 N–H and O–H groups in total. The van der Waals surface area contributed by atoms with Crippen LogP contribution in [0.2, 0.25) is 0 Å². The van der Waals surface area contributed by atoms with Gasteiger partial charge in [0.25, 0.3) is 0 Å². The molecule has 1 rings (SSSR count). The molecule has 1 aromatic carbocycles. The Morgan fingerprint density at radius 1 is 0.739 bits per heavy atom. The van der Waals surface area contributed by atoms with E-state index in [4.69, 9.17) is 4.74 Å². The first kappa shape index (κ1) is 39.5. The first-order chi connectivity index (χ1) is 21.7. The van der Waals surface area contributed by atoms with Crippen molar-refractivity contribution in [3.63, 3.8) is 0 Å². The summed E-state index contributed by atoms with van der Waals surface area (Å²) in [5.41, 5.74) is 0.733. The summed E-state index contributed by atoms with van der Waals surface area (Å²) in [6.07, 6.45) is -1.81. The van der Waals surface area contributed by atoms with Crippen LogP contribution in [0, 0.1) is 11.8 Å². The number of amides is 4. The number of carbonyl (C=O) groups excluding carboxylic acids is 7. The van der Waals surface area contributed by atoms with E-state index >= 15 is 0 Å². The molecule has 0 spiro atoms. The predicted octanol–water partition coefficient (Wildman–Crippen LogP) is 1.49. The van der Waals surface area contributed by atoms with Crippen molar-refractivity contribution in [1.29, 1.82) is 0 Å². The largest absolute Gasteiger partial charge is 0.469 e. The van der Waals surface area contributed by atoms with Crippen LogP contribution in [0.25, 0.3) is 0 Å². The lowest BCUT2D eigenvalue weighted by atomic mass is 10.00. The average molecular weight is 653 g/mol. The molecule has 4 atom stereocenters. The molecule has 15 heteroatoms. The van der Waals surface area contributed by atoms with Crippen LogP contribution < -0.4 is 21.3 Å². The molecule has 4 amide bonds. The van der Waals surface area contributed by atoms with Gasteiger partial charge in [0.05, 0.1) is 20.6 Å². The topological polar surface area (TPSA) is 195 Å². The highest BCUT2D eigenvalue weighted by Gasteiger charge is 2.34. The molecule has 14 nitrogen and oxygen atoms in total. The second-order valence-corrected chi connectivity index (χ2v) is 11.2. The van der Waals surface area contributed by atoms with E-state index in [0.717, 1.165) is 19.8 Å². The van der Waals surface area contributed by atoms with E-state index in [1.807, 2.05) is 19.9 Å². The number of esters is 2. The number of halogens is 1. The number of methoxy groups -OCH3 is 2. The maximum atomic E-state index is 13.5. The van der Waals surface area contributed by atoms with Crippen molar-refractivity contribution in [3.05, 3.63) is 35.9 Å². The van der Waals surface area contributed by atoms with E-state index in [1.54, 1.807) is 38.1 Å². The van der Waals surface area contributed by atoms with Crippen LogP contribution in [0.15, 0.2) is 30.3 Å². The molecule has 0 aliphatic carbocycles. The monoisotopic (exact) mass is 652 g/mol. The lowest BCUT2D eigenvalue weighted by Gasteiger charge is -2.28. The number of rotatable bonds is 19. The Kier molecular flexibility index (Phi) is 17.6. The van der Waals surface area contributed by atoms with E-state index in [0.29, 0.717) is 0 Å². The molecular formula is C31H45FN4O10. The minimum Gasteiger partial charge on any atom is -0.469 e. The van der Waals surface area contributed by atoms with Gasteiger partial charge in [0.15, 0.2) is 5.78 Å². The fourth-order valence-corrected chi connectivity index (χ4v) is 4.15. The third-order valence-corrected chi connectivity index (χ3v) is 6.71. The van der Waals surface area contributed by atoms with E-state index in [9.17, 15) is 38.0 Å². The second kappa shape index (κ2) is 20.5. The van der Waals surface area contributed by atoms with E-state index in [2.05, 4.69) is 30.7 Å². The van der Waals surface area contributed by atoms with Gasteiger partial charge in [-0.3, -0.25) is 28.8 Å². The Bertz CT molecular complexity index is 1200. The Labute approximate surface area is 267 Å². The van der Waals surface area contributed by atoms with Gasteiger partial charge in [-0.05, 0) is 30.2 Å². The molecule has 0 saturated heterocycles. The number of ether oxygens (including phenoxy) is 3. The number of alkyl carbamates (subject to hydrolysis) is 1. The molecule has 0 radical (unpaired) electrons. The van der Waals surface area contributed by atoms with Gasteiger partial charge in [-0.1, -0.05) is 58.0 Å². The number of Topliss-reactive ketones (excluding diaryl/α,β-unsaturated/α-hetero) is 1. The number of carbonyl (C=O) groups is 7. The van der Waals surface area contributed by atoms with Crippen molar-refractivity contribution in [2.24, 2.45) is 11.8 Å². The second-order valence-electron chi connectivity index (χ2n) is 11.2. The van der Waals surface area contributed by atoms with Crippen molar-refractivity contribution in [1.82, 2.24) is 21.3 Å². The van der Waals surface area contributed by atoms with Crippen LogP contribution in [0.1, 0.15) is 58.9 Å². The highest BCUT2D eigenvalue weighted by molar-refractivity contribution is 5.97. The van der Waals surface area contributed by atoms with Crippen molar-refractivity contribution in [2.75, 3.05) is 20.9 Å². The predicted molar refractivity (Wildman–Crippen MR) is 163 cm³/mol. The molecule has 0 bridgehead atoms. The molecule has 0 heterocycles. The summed E-state index contributed by atoms with van der Waals surface area (Å²) in [7, 11) is 2.22. The summed E-state index contributed by atoms with van der Waals surface area (Å²) in [6.45, 7) is 5.33. The highest BCUT2D eigenvalue weighted by atomic mass is 19.1. The summed E-state index contributed by atoms with van der Waals surface area (Å²) in [4.78, 5) is 88.1. The minimum atomic E-state index is -1.54. The third kappa shape index (κ3) is 14.5. The molecule has 46 heavy (non-hydrogen) atoms. The summed E-state index contributed by atoms with van der Waals surface area (Å²) >= 11 is 0. The van der Waals surface area contributed by atoms with Gasteiger partial charge in [0, 0.05) is 6.42 Å². The zero-order valence-corrected chi connectivity index (χ0v) is 27.1. The van der Waals surface area contributed by atoms with Gasteiger partial charge in [-0.2, -0.15) is 0 Å². The molecule has 0 aliphatic rings. The van der Waals surface area contributed by atoms with Gasteiger partial charge in [-0.25, -0.2) is 9.18 Å². The fraction of sp³-hybridized carbons (Fsp3) is 0.581. The lowest BCUT2D eigenvalue weighted by Crippen LogP contribution is -2.59. The molecule has 0 fully saturated rings. The Morgan fingerprint density at radius 3 is 1.87 bits per heavy atom. The van der Waals surface area contributed by atoms with Crippen molar-refractivity contribution >= 4 is 41.5 Å². The number of alkyl halides is 1. The summed E-state index contributed by atoms with van der Waals surface area (Å²) < 4.78 is 27.5. The van der Waals surface area contributed by atoms with Crippen LogP contribution in [0.5, 0.6) is 0 Å². The quantitative estimate of drug-likeness (QED) is 0.126. The Hall–Kier alpha value is -4.56. The molecule has 0 aliphatic heterocycles. The standard InChI is InChI=1S/C31H45FN4O10/c1-18(2)14-23(35-31(43)46-17-20-10-8-7-9-11-20)29(41)33-21(12-13-25(38)44-5)28(40)36-27(19(3)4)30(42)34-22(24(37)16-32)15-26(39)45-6/h7-11,18-19,21-23,27H,12-17H2,1-6H3,(H,33,41)(H,34,42)(H,35,43)(H,36,40)/t21-,22-,23-,27?/m0/s1. The number of hydrogen-bond donors (Lipinski definition) is 4. The van der Waals surface area contributed by atoms with Gasteiger partial charge in [-0.15, -0.1) is 0 Å². The van der Waals surface area contributed by atoms with Crippen LogP contribution in [-0.2, 0) is 49.6 Å². The molecule has 0 saturated carbocycles. The number of ketones is 1. The lowest BCUT2D eigenvalue weighted by molar-refractivity contribution is -0.144. The van der Waals surface area contributed by atoms with Crippen molar-refractivity contribution in [2.45, 2.75) is 84.2 Å². The van der Waals surface area contributed by atoms with E-state index in [-0.39, 0.29) is 31.8 Å². The molecule has 0 aromatic heterocycles. The fourth-order valence-electron chi connectivity index (χ4n) is 4.15. The first-order valence-corrected chi connectivity index (χ1v) is 14.8. The minimum absolute atomic E-state index is 0.0388. The molecule has 1 aromatic rings. The summed E-state index contributed by atoms with van der Waals surface area (Å²) in [5, 5.41) is 9.83. The SMILES string of the molecule is COC(=O)CC[C@H](NC(=O)[C@H](CC(C)C)NC(=O)OCc1ccccc1)C(=O)NC(C(=O)N[C@@H](CC(=O)OC)C(=O)CF)C(C)C. The Balaban J connectivity index is 3.13. The van der Waals surface area contributed by atoms with Crippen LogP contribution in [-0.4, -0.2) is 86.6 Å². The van der Waals surface area contributed by atoms with E-state index < -0.39 is 84.7 Å². The Morgan fingerprint density at radius 2 is 1.33 bits per heavy atom. The van der Waals surface area contributed by atoms with Crippen LogP contribution in [0.4, 0.5) is 9.18 Å². The summed E-state index contributed by atoms with van der Waals surface area (Å²) in [6, 6.07) is 3.58. The molecule has 256 valence electrons. The number of nitrogens with one attached hydrogen (secondary N) is 4. The van der Waals surface area contributed by atoms with Gasteiger partial charge in [0.2, 0.25) is 17.7 Å². The maximum absolute atomic E-state index is 13.5.